The smallest absolute Gasteiger partial charge is 0.132 e. The van der Waals surface area contributed by atoms with E-state index in [-0.39, 0.29) is 0 Å². The van der Waals surface area contributed by atoms with Gasteiger partial charge in [0.2, 0.25) is 0 Å². The van der Waals surface area contributed by atoms with Crippen LogP contribution in [-0.4, -0.2) is 10.7 Å². The highest BCUT2D eigenvalue weighted by Gasteiger charge is 2.03. The lowest BCUT2D eigenvalue weighted by Gasteiger charge is -2.02. The summed E-state index contributed by atoms with van der Waals surface area (Å²) in [5.41, 5.74) is 7.32. The van der Waals surface area contributed by atoms with Gasteiger partial charge in [-0.3, -0.25) is 4.99 Å². The van der Waals surface area contributed by atoms with Gasteiger partial charge in [-0.05, 0) is 25.1 Å². The second kappa shape index (κ2) is 4.97. The molecule has 0 spiro atoms. The molecule has 0 radical (unpaired) electrons. The lowest BCUT2D eigenvalue weighted by atomic mass is 10.1. The van der Waals surface area contributed by atoms with Gasteiger partial charge in [0.1, 0.15) is 5.82 Å². The maximum atomic E-state index is 5.72. The zero-order valence-electron chi connectivity index (χ0n) is 8.14. The Morgan fingerprint density at radius 3 is 3.00 bits per heavy atom. The maximum Gasteiger partial charge on any atom is 0.132 e. The van der Waals surface area contributed by atoms with Crippen molar-refractivity contribution in [2.24, 2.45) is 4.99 Å². The summed E-state index contributed by atoms with van der Waals surface area (Å²) < 4.78 is 0. The van der Waals surface area contributed by atoms with E-state index >= 15 is 0 Å². The van der Waals surface area contributed by atoms with Crippen molar-refractivity contribution in [1.29, 1.82) is 0 Å². The van der Waals surface area contributed by atoms with Gasteiger partial charge in [0.05, 0.1) is 5.71 Å². The summed E-state index contributed by atoms with van der Waals surface area (Å²) in [6, 6.07) is 3.71. The van der Waals surface area contributed by atoms with E-state index in [0.717, 1.165) is 11.3 Å². The van der Waals surface area contributed by atoms with Gasteiger partial charge in [-0.25, -0.2) is 4.98 Å². The molecule has 0 aliphatic heterocycles. The van der Waals surface area contributed by atoms with E-state index in [4.69, 9.17) is 5.73 Å². The average molecular weight is 187 g/mol. The minimum atomic E-state index is 0.478. The van der Waals surface area contributed by atoms with Crippen molar-refractivity contribution in [1.82, 2.24) is 4.98 Å². The van der Waals surface area contributed by atoms with Crippen LogP contribution in [0.4, 0.5) is 5.82 Å². The summed E-state index contributed by atoms with van der Waals surface area (Å²) in [6.45, 7) is 5.48. The number of rotatable bonds is 3. The van der Waals surface area contributed by atoms with Crippen molar-refractivity contribution in [3.05, 3.63) is 48.8 Å². The molecule has 1 aromatic heterocycles. The topological polar surface area (TPSA) is 51.3 Å². The number of allylic oxidation sites excluding steroid dienone is 2. The van der Waals surface area contributed by atoms with Gasteiger partial charge in [0.15, 0.2) is 0 Å². The third-order valence-corrected chi connectivity index (χ3v) is 1.67. The molecule has 2 N–H and O–H groups in total. The van der Waals surface area contributed by atoms with Crippen molar-refractivity contribution in [3.8, 4) is 0 Å². The first kappa shape index (κ1) is 10.2. The molecule has 1 heterocycles. The Morgan fingerprint density at radius 2 is 2.43 bits per heavy atom. The van der Waals surface area contributed by atoms with Crippen molar-refractivity contribution in [2.75, 3.05) is 5.73 Å². The number of nitrogens with two attached hydrogens (primary N) is 1. The fourth-order valence-electron chi connectivity index (χ4n) is 1.09. The Balaban J connectivity index is 3.18. The summed E-state index contributed by atoms with van der Waals surface area (Å²) in [7, 11) is 0. The Labute approximate surface area is 83.7 Å². The first-order valence-electron chi connectivity index (χ1n) is 4.32. The van der Waals surface area contributed by atoms with Crippen molar-refractivity contribution >= 4 is 11.5 Å². The fourth-order valence-corrected chi connectivity index (χ4v) is 1.09. The van der Waals surface area contributed by atoms with Crippen LogP contribution in [0.2, 0.25) is 0 Å². The van der Waals surface area contributed by atoms with E-state index in [9.17, 15) is 0 Å². The second-order valence-corrected chi connectivity index (χ2v) is 2.63. The standard InChI is InChI=1S/C11H13N3/c1-3-6-10(13-4-2)9-7-5-8-14-11(9)12/h3-8H,2H2,1H3,(H2,12,14)/b6-3-,13-10?. The van der Waals surface area contributed by atoms with Crippen LogP contribution in [0.25, 0.3) is 0 Å². The molecule has 0 aliphatic carbocycles. The summed E-state index contributed by atoms with van der Waals surface area (Å²) in [5.74, 6) is 0.478. The van der Waals surface area contributed by atoms with Gasteiger partial charge in [-0.1, -0.05) is 12.7 Å². The molecule has 0 unspecified atom stereocenters. The van der Waals surface area contributed by atoms with Crippen LogP contribution < -0.4 is 5.73 Å². The van der Waals surface area contributed by atoms with Crippen LogP contribution in [0.1, 0.15) is 12.5 Å². The van der Waals surface area contributed by atoms with Gasteiger partial charge in [0.25, 0.3) is 0 Å². The SMILES string of the molecule is C=CN=C(/C=C\C)c1cccnc1N. The van der Waals surface area contributed by atoms with Gasteiger partial charge in [0, 0.05) is 18.0 Å². The van der Waals surface area contributed by atoms with Gasteiger partial charge in [-0.2, -0.15) is 0 Å². The molecule has 14 heavy (non-hydrogen) atoms. The fraction of sp³-hybridized carbons (Fsp3) is 0.0909. The molecular weight excluding hydrogens is 174 g/mol. The predicted octanol–water partition coefficient (Wildman–Crippen LogP) is 2.17. The molecule has 72 valence electrons. The lowest BCUT2D eigenvalue weighted by Crippen LogP contribution is -2.03. The van der Waals surface area contributed by atoms with Gasteiger partial charge in [-0.15, -0.1) is 0 Å². The molecular formula is C11H13N3. The molecule has 0 aliphatic rings. The molecule has 0 fully saturated rings. The summed E-state index contributed by atoms with van der Waals surface area (Å²) >= 11 is 0. The van der Waals surface area contributed by atoms with Crippen molar-refractivity contribution in [2.45, 2.75) is 6.92 Å². The zero-order valence-corrected chi connectivity index (χ0v) is 8.14. The Morgan fingerprint density at radius 1 is 1.64 bits per heavy atom. The van der Waals surface area contributed by atoms with Crippen LogP contribution in [0.3, 0.4) is 0 Å². The van der Waals surface area contributed by atoms with E-state index in [1.165, 1.54) is 6.20 Å². The number of anilines is 1. The molecule has 0 atom stereocenters. The quantitative estimate of drug-likeness (QED) is 0.737. The highest BCUT2D eigenvalue weighted by Crippen LogP contribution is 2.09. The summed E-state index contributed by atoms with van der Waals surface area (Å²) in [5, 5.41) is 0. The number of pyridine rings is 1. The molecule has 1 aromatic rings. The Bertz CT molecular complexity index is 378. The number of hydrogen-bond donors (Lipinski definition) is 1. The second-order valence-electron chi connectivity index (χ2n) is 2.63. The largest absolute Gasteiger partial charge is 0.383 e. The van der Waals surface area contributed by atoms with Crippen molar-refractivity contribution < 1.29 is 0 Å². The number of aromatic nitrogens is 1. The monoisotopic (exact) mass is 187 g/mol. The Kier molecular flexibility index (Phi) is 3.61. The minimum Gasteiger partial charge on any atom is -0.383 e. The molecule has 3 nitrogen and oxygen atoms in total. The van der Waals surface area contributed by atoms with Crippen molar-refractivity contribution in [3.63, 3.8) is 0 Å². The van der Waals surface area contributed by atoms with Gasteiger partial charge >= 0.3 is 0 Å². The zero-order chi connectivity index (χ0) is 10.4. The molecule has 1 rings (SSSR count). The number of nitrogens with zero attached hydrogens (tertiary/aromatic N) is 2. The third-order valence-electron chi connectivity index (χ3n) is 1.67. The summed E-state index contributed by atoms with van der Waals surface area (Å²) in [6.07, 6.45) is 6.91. The van der Waals surface area contributed by atoms with E-state index in [2.05, 4.69) is 16.6 Å². The highest BCUT2D eigenvalue weighted by molar-refractivity contribution is 6.11. The normalized spacial score (nSPS) is 11.9. The molecule has 0 saturated carbocycles. The summed E-state index contributed by atoms with van der Waals surface area (Å²) in [4.78, 5) is 8.11. The third kappa shape index (κ3) is 2.29. The van der Waals surface area contributed by atoms with Crippen LogP contribution in [0.15, 0.2) is 48.3 Å². The molecule has 0 saturated heterocycles. The van der Waals surface area contributed by atoms with E-state index in [0.29, 0.717) is 5.82 Å². The van der Waals surface area contributed by atoms with Crippen LogP contribution in [0, 0.1) is 0 Å². The van der Waals surface area contributed by atoms with E-state index < -0.39 is 0 Å². The number of nitrogen functional groups attached to an aromatic ring is 1. The number of hydrogen-bond acceptors (Lipinski definition) is 3. The maximum absolute atomic E-state index is 5.72. The first-order chi connectivity index (χ1) is 6.79. The molecule has 0 bridgehead atoms. The van der Waals surface area contributed by atoms with Crippen LogP contribution >= 0.6 is 0 Å². The molecule has 0 aromatic carbocycles. The van der Waals surface area contributed by atoms with Gasteiger partial charge < -0.3 is 5.73 Å². The predicted molar refractivity (Wildman–Crippen MR) is 60.2 cm³/mol. The Hall–Kier alpha value is -1.90. The molecule has 0 amide bonds. The molecule has 3 heteroatoms. The lowest BCUT2D eigenvalue weighted by molar-refractivity contribution is 1.32. The van der Waals surface area contributed by atoms with E-state index in [1.807, 2.05) is 31.2 Å². The van der Waals surface area contributed by atoms with E-state index in [1.54, 1.807) is 6.20 Å². The average Bonchev–Trinajstić information content (AvgIpc) is 2.18. The first-order valence-corrected chi connectivity index (χ1v) is 4.32. The highest BCUT2D eigenvalue weighted by atomic mass is 14.8. The van der Waals surface area contributed by atoms with Crippen LogP contribution in [0.5, 0.6) is 0 Å². The minimum absolute atomic E-state index is 0.478. The van der Waals surface area contributed by atoms with Crippen LogP contribution in [-0.2, 0) is 0 Å². The number of aliphatic imine (C=N–C) groups is 1.